The van der Waals surface area contributed by atoms with Crippen LogP contribution in [0.3, 0.4) is 0 Å². The van der Waals surface area contributed by atoms with Crippen molar-refractivity contribution in [3.63, 3.8) is 0 Å². The highest BCUT2D eigenvalue weighted by Gasteiger charge is 2.21. The van der Waals surface area contributed by atoms with Crippen molar-refractivity contribution in [2.24, 2.45) is 0 Å². The molecule has 0 amide bonds. The van der Waals surface area contributed by atoms with Gasteiger partial charge in [0.05, 0.1) is 10.4 Å². The second-order valence-corrected chi connectivity index (χ2v) is 6.61. The Morgan fingerprint density at radius 1 is 1.10 bits per heavy atom. The summed E-state index contributed by atoms with van der Waals surface area (Å²) in [7, 11) is -3.42. The topological polar surface area (TPSA) is 62.3 Å². The van der Waals surface area contributed by atoms with E-state index in [-0.39, 0.29) is 0 Å². The van der Waals surface area contributed by atoms with Gasteiger partial charge in [0.15, 0.2) is 0 Å². The van der Waals surface area contributed by atoms with Crippen molar-refractivity contribution in [2.75, 3.05) is 25.0 Å². The average molecular weight is 307 g/mol. The van der Waals surface area contributed by atoms with E-state index in [1.165, 1.54) is 4.31 Å². The Kier molecular flexibility index (Phi) is 4.80. The highest BCUT2D eigenvalue weighted by atomic mass is 32.2. The first-order valence-corrected chi connectivity index (χ1v) is 8.61. The molecule has 2 rings (SSSR count). The van der Waals surface area contributed by atoms with Crippen molar-refractivity contribution in [2.45, 2.75) is 25.7 Å². The van der Waals surface area contributed by atoms with Gasteiger partial charge < -0.3 is 5.32 Å². The van der Waals surface area contributed by atoms with Gasteiger partial charge in [0.2, 0.25) is 10.0 Å². The van der Waals surface area contributed by atoms with Gasteiger partial charge in [0, 0.05) is 25.0 Å². The smallest absolute Gasteiger partial charge is 0.243 e. The standard InChI is InChI=1S/C15H21N3O2S/c1-4-16-15-10-7-12-11-13(8-9-14(12)17-15)21(19,20)18(5-2)6-3/h7-11H,4-6H2,1-3H3,(H,16,17). The maximum Gasteiger partial charge on any atom is 0.243 e. The van der Waals surface area contributed by atoms with Crippen LogP contribution < -0.4 is 5.32 Å². The first kappa shape index (κ1) is 15.7. The van der Waals surface area contributed by atoms with E-state index in [4.69, 9.17) is 0 Å². The van der Waals surface area contributed by atoms with Crippen LogP contribution in [-0.4, -0.2) is 37.3 Å². The van der Waals surface area contributed by atoms with Crippen molar-refractivity contribution < 1.29 is 8.42 Å². The van der Waals surface area contributed by atoms with Gasteiger partial charge in [-0.05, 0) is 37.3 Å². The molecule has 0 saturated heterocycles. The summed E-state index contributed by atoms with van der Waals surface area (Å²) < 4.78 is 26.5. The third-order valence-electron chi connectivity index (χ3n) is 3.36. The number of sulfonamides is 1. The summed E-state index contributed by atoms with van der Waals surface area (Å²) in [6, 6.07) is 8.82. The monoisotopic (exact) mass is 307 g/mol. The van der Waals surface area contributed by atoms with Crippen LogP contribution >= 0.6 is 0 Å². The fourth-order valence-electron chi connectivity index (χ4n) is 2.26. The minimum atomic E-state index is -3.42. The molecule has 5 nitrogen and oxygen atoms in total. The van der Waals surface area contributed by atoms with E-state index in [9.17, 15) is 8.42 Å². The van der Waals surface area contributed by atoms with Gasteiger partial charge in [-0.3, -0.25) is 0 Å². The Hall–Kier alpha value is -1.66. The highest BCUT2D eigenvalue weighted by molar-refractivity contribution is 7.89. The van der Waals surface area contributed by atoms with Crippen molar-refractivity contribution in [3.05, 3.63) is 30.3 Å². The molecule has 0 aliphatic carbocycles. The summed E-state index contributed by atoms with van der Waals surface area (Å²) in [5.41, 5.74) is 0.784. The first-order chi connectivity index (χ1) is 10.0. The number of fused-ring (bicyclic) bond motifs is 1. The Morgan fingerprint density at radius 2 is 1.81 bits per heavy atom. The zero-order valence-electron chi connectivity index (χ0n) is 12.6. The molecule has 0 aliphatic rings. The molecular weight excluding hydrogens is 286 g/mol. The van der Waals surface area contributed by atoms with E-state index in [0.29, 0.717) is 18.0 Å². The van der Waals surface area contributed by atoms with Crippen molar-refractivity contribution >= 4 is 26.7 Å². The summed E-state index contributed by atoms with van der Waals surface area (Å²) >= 11 is 0. The number of hydrogen-bond acceptors (Lipinski definition) is 4. The lowest BCUT2D eigenvalue weighted by Gasteiger charge is -2.18. The second-order valence-electron chi connectivity index (χ2n) is 4.67. The molecule has 0 bridgehead atoms. The third kappa shape index (κ3) is 3.16. The number of nitrogens with zero attached hydrogens (tertiary/aromatic N) is 2. The van der Waals surface area contributed by atoms with Crippen molar-refractivity contribution in [1.29, 1.82) is 0 Å². The molecule has 6 heteroatoms. The van der Waals surface area contributed by atoms with Gasteiger partial charge >= 0.3 is 0 Å². The number of rotatable bonds is 6. The number of aromatic nitrogens is 1. The number of pyridine rings is 1. The SMILES string of the molecule is CCNc1ccc2cc(S(=O)(=O)N(CC)CC)ccc2n1. The average Bonchev–Trinajstić information content (AvgIpc) is 2.48. The Balaban J connectivity index is 2.46. The summed E-state index contributed by atoms with van der Waals surface area (Å²) in [6.07, 6.45) is 0. The molecule has 0 fully saturated rings. The van der Waals surface area contributed by atoms with Crippen molar-refractivity contribution in [3.8, 4) is 0 Å². The van der Waals surface area contributed by atoms with Crippen LogP contribution in [0.25, 0.3) is 10.9 Å². The molecule has 0 radical (unpaired) electrons. The zero-order valence-corrected chi connectivity index (χ0v) is 13.4. The van der Waals surface area contributed by atoms with Gasteiger partial charge in [-0.1, -0.05) is 13.8 Å². The molecule has 2 aromatic rings. The van der Waals surface area contributed by atoms with Crippen LogP contribution in [-0.2, 0) is 10.0 Å². The van der Waals surface area contributed by atoms with E-state index >= 15 is 0 Å². The van der Waals surface area contributed by atoms with Crippen molar-refractivity contribution in [1.82, 2.24) is 9.29 Å². The normalized spacial score (nSPS) is 12.0. The van der Waals surface area contributed by atoms with E-state index in [1.54, 1.807) is 18.2 Å². The van der Waals surface area contributed by atoms with Gasteiger partial charge in [-0.15, -0.1) is 0 Å². The molecule has 114 valence electrons. The Bertz CT molecular complexity index is 725. The van der Waals surface area contributed by atoms with Crippen LogP contribution in [0.2, 0.25) is 0 Å². The Morgan fingerprint density at radius 3 is 2.43 bits per heavy atom. The number of nitrogens with one attached hydrogen (secondary N) is 1. The highest BCUT2D eigenvalue weighted by Crippen LogP contribution is 2.22. The second kappa shape index (κ2) is 6.41. The molecule has 0 aliphatic heterocycles. The van der Waals surface area contributed by atoms with E-state index in [0.717, 1.165) is 23.3 Å². The molecule has 21 heavy (non-hydrogen) atoms. The number of benzene rings is 1. The minimum absolute atomic E-state index is 0.316. The fraction of sp³-hybridized carbons (Fsp3) is 0.400. The Labute approximate surface area is 126 Å². The largest absolute Gasteiger partial charge is 0.370 e. The number of anilines is 1. The maximum atomic E-state index is 12.5. The van der Waals surface area contributed by atoms with E-state index < -0.39 is 10.0 Å². The van der Waals surface area contributed by atoms with Gasteiger partial charge in [-0.25, -0.2) is 13.4 Å². The quantitative estimate of drug-likeness (QED) is 0.891. The molecule has 0 spiro atoms. The lowest BCUT2D eigenvalue weighted by molar-refractivity contribution is 0.445. The predicted octanol–water partition coefficient (Wildman–Crippen LogP) is 2.70. The van der Waals surface area contributed by atoms with Crippen LogP contribution in [0.4, 0.5) is 5.82 Å². The van der Waals surface area contributed by atoms with E-state index in [1.807, 2.05) is 32.9 Å². The predicted molar refractivity (Wildman–Crippen MR) is 86.0 cm³/mol. The maximum absolute atomic E-state index is 12.5. The van der Waals surface area contributed by atoms with Crippen LogP contribution in [0.5, 0.6) is 0 Å². The summed E-state index contributed by atoms with van der Waals surface area (Å²) in [6.45, 7) is 7.42. The molecule has 0 saturated carbocycles. The molecule has 1 aromatic carbocycles. The number of hydrogen-bond donors (Lipinski definition) is 1. The lowest BCUT2D eigenvalue weighted by Crippen LogP contribution is -2.30. The fourth-order valence-corrected chi connectivity index (χ4v) is 3.75. The van der Waals surface area contributed by atoms with Crippen LogP contribution in [0.1, 0.15) is 20.8 Å². The molecule has 1 N–H and O–H groups in total. The summed E-state index contributed by atoms with van der Waals surface area (Å²) in [5.74, 6) is 0.796. The van der Waals surface area contributed by atoms with Gasteiger partial charge in [0.1, 0.15) is 5.82 Å². The molecular formula is C15H21N3O2S. The van der Waals surface area contributed by atoms with E-state index in [2.05, 4.69) is 10.3 Å². The summed E-state index contributed by atoms with van der Waals surface area (Å²) in [5, 5.41) is 3.97. The van der Waals surface area contributed by atoms with Crippen LogP contribution in [0.15, 0.2) is 35.2 Å². The van der Waals surface area contributed by atoms with Gasteiger partial charge in [0.25, 0.3) is 0 Å². The third-order valence-corrected chi connectivity index (χ3v) is 5.41. The minimum Gasteiger partial charge on any atom is -0.370 e. The molecule has 1 heterocycles. The summed E-state index contributed by atoms with van der Waals surface area (Å²) in [4.78, 5) is 4.77. The zero-order chi connectivity index (χ0) is 15.5. The van der Waals surface area contributed by atoms with Gasteiger partial charge in [-0.2, -0.15) is 4.31 Å². The first-order valence-electron chi connectivity index (χ1n) is 7.17. The lowest BCUT2D eigenvalue weighted by atomic mass is 10.2. The molecule has 0 atom stereocenters. The molecule has 0 unspecified atom stereocenters. The molecule has 1 aromatic heterocycles. The van der Waals surface area contributed by atoms with Crippen LogP contribution in [0, 0.1) is 0 Å².